The molecule has 0 unspecified atom stereocenters. The lowest BCUT2D eigenvalue weighted by Crippen LogP contribution is -2.49. The van der Waals surface area contributed by atoms with E-state index in [1.165, 1.54) is 0 Å². The van der Waals surface area contributed by atoms with Crippen molar-refractivity contribution in [2.24, 2.45) is 5.92 Å². The molecule has 1 aromatic carbocycles. The highest BCUT2D eigenvalue weighted by Gasteiger charge is 2.25. The number of nitrogens with zero attached hydrogens (tertiary/aromatic N) is 3. The second kappa shape index (κ2) is 9.77. The Balaban J connectivity index is 1.67. The van der Waals surface area contributed by atoms with E-state index in [0.717, 1.165) is 11.1 Å². The molecule has 0 aliphatic heterocycles. The van der Waals surface area contributed by atoms with E-state index < -0.39 is 6.04 Å². The number of amides is 2. The van der Waals surface area contributed by atoms with Gasteiger partial charge in [0.15, 0.2) is 0 Å². The van der Waals surface area contributed by atoms with Crippen LogP contribution < -0.4 is 10.6 Å². The maximum atomic E-state index is 12.9. The molecule has 7 heteroatoms. The summed E-state index contributed by atoms with van der Waals surface area (Å²) in [5, 5.41) is 5.83. The van der Waals surface area contributed by atoms with Gasteiger partial charge in [0.2, 0.25) is 5.91 Å². The molecule has 0 spiro atoms. The molecule has 3 rings (SSSR count). The van der Waals surface area contributed by atoms with Crippen LogP contribution in [0.4, 0.5) is 0 Å². The van der Waals surface area contributed by atoms with Gasteiger partial charge in [-0.2, -0.15) is 0 Å². The summed E-state index contributed by atoms with van der Waals surface area (Å²) in [5.74, 6) is 0.129. The number of aromatic nitrogens is 3. The lowest BCUT2D eigenvalue weighted by Gasteiger charge is -2.23. The molecule has 0 radical (unpaired) electrons. The van der Waals surface area contributed by atoms with Crippen LogP contribution in [-0.2, 0) is 16.8 Å². The molecule has 0 aliphatic rings. The normalized spacial score (nSPS) is 12.4. The highest BCUT2D eigenvalue weighted by atomic mass is 16.2. The summed E-state index contributed by atoms with van der Waals surface area (Å²) in [7, 11) is 0. The molecule has 2 amide bonds. The second-order valence-electron chi connectivity index (χ2n) is 9.20. The Labute approximate surface area is 189 Å². The highest BCUT2D eigenvalue weighted by molar-refractivity contribution is 5.97. The number of hydrogen-bond acceptors (Lipinski definition) is 4. The number of nitrogens with one attached hydrogen (secondary N) is 2. The van der Waals surface area contributed by atoms with Crippen LogP contribution in [0.15, 0.2) is 61.3 Å². The molecule has 32 heavy (non-hydrogen) atoms. The first kappa shape index (κ1) is 23.2. The van der Waals surface area contributed by atoms with Gasteiger partial charge in [-0.25, -0.2) is 9.97 Å². The molecule has 0 bridgehead atoms. The third-order valence-corrected chi connectivity index (χ3v) is 5.32. The summed E-state index contributed by atoms with van der Waals surface area (Å²) >= 11 is 0. The zero-order valence-electron chi connectivity index (χ0n) is 19.3. The fourth-order valence-electron chi connectivity index (χ4n) is 3.36. The maximum Gasteiger partial charge on any atom is 0.251 e. The van der Waals surface area contributed by atoms with Gasteiger partial charge in [0.25, 0.3) is 5.91 Å². The van der Waals surface area contributed by atoms with Gasteiger partial charge < -0.3 is 10.6 Å². The molecule has 2 N–H and O–H groups in total. The molecule has 3 aromatic rings. The average molecular weight is 434 g/mol. The van der Waals surface area contributed by atoms with E-state index in [1.807, 2.05) is 38.1 Å². The number of carbonyl (C=O) groups is 2. The number of hydrogen-bond donors (Lipinski definition) is 2. The topological polar surface area (TPSA) is 88.9 Å². The fourth-order valence-corrected chi connectivity index (χ4v) is 3.36. The minimum absolute atomic E-state index is 0.0111. The molecular weight excluding hydrogens is 402 g/mol. The van der Waals surface area contributed by atoms with E-state index in [2.05, 4.69) is 41.4 Å². The zero-order chi connectivity index (χ0) is 23.3. The first-order valence-electron chi connectivity index (χ1n) is 10.8. The van der Waals surface area contributed by atoms with Crippen LogP contribution in [0, 0.1) is 5.92 Å². The SMILES string of the molecule is CC(C)[C@H](NC(=O)c1ccc(C(C)(C)C)cc1)C(=O)NCc1cccnc1-n1ccnc1. The van der Waals surface area contributed by atoms with Crippen LogP contribution in [0.3, 0.4) is 0 Å². The minimum Gasteiger partial charge on any atom is -0.350 e. The molecule has 0 fully saturated rings. The van der Waals surface area contributed by atoms with Crippen LogP contribution in [0.1, 0.15) is 56.1 Å². The smallest absolute Gasteiger partial charge is 0.251 e. The zero-order valence-corrected chi connectivity index (χ0v) is 19.3. The van der Waals surface area contributed by atoms with E-state index in [1.54, 1.807) is 41.6 Å². The monoisotopic (exact) mass is 433 g/mol. The molecule has 0 aliphatic carbocycles. The molecule has 0 saturated heterocycles. The molecule has 168 valence electrons. The van der Waals surface area contributed by atoms with Crippen LogP contribution >= 0.6 is 0 Å². The molecule has 2 aromatic heterocycles. The summed E-state index contributed by atoms with van der Waals surface area (Å²) in [6, 6.07) is 10.6. The lowest BCUT2D eigenvalue weighted by molar-refractivity contribution is -0.124. The molecule has 0 saturated carbocycles. The predicted molar refractivity (Wildman–Crippen MR) is 124 cm³/mol. The molecule has 2 heterocycles. The van der Waals surface area contributed by atoms with Crippen molar-refractivity contribution < 1.29 is 9.59 Å². The summed E-state index contributed by atoms with van der Waals surface area (Å²) in [4.78, 5) is 34.2. The van der Waals surface area contributed by atoms with Crippen molar-refractivity contribution in [2.75, 3.05) is 0 Å². The molecular formula is C25H31N5O2. The third kappa shape index (κ3) is 5.60. The third-order valence-electron chi connectivity index (χ3n) is 5.32. The number of benzene rings is 1. The predicted octanol–water partition coefficient (Wildman–Crippen LogP) is 3.64. The Morgan fingerprint density at radius 2 is 1.78 bits per heavy atom. The van der Waals surface area contributed by atoms with Crippen molar-refractivity contribution in [3.05, 3.63) is 78.0 Å². The van der Waals surface area contributed by atoms with Crippen molar-refractivity contribution in [3.8, 4) is 5.82 Å². The van der Waals surface area contributed by atoms with Gasteiger partial charge in [-0.05, 0) is 35.1 Å². The highest BCUT2D eigenvalue weighted by Crippen LogP contribution is 2.22. The summed E-state index contributed by atoms with van der Waals surface area (Å²) < 4.78 is 1.80. The van der Waals surface area contributed by atoms with Crippen molar-refractivity contribution in [2.45, 2.75) is 52.6 Å². The van der Waals surface area contributed by atoms with Crippen LogP contribution in [-0.4, -0.2) is 32.4 Å². The van der Waals surface area contributed by atoms with E-state index >= 15 is 0 Å². The van der Waals surface area contributed by atoms with Gasteiger partial charge in [-0.3, -0.25) is 14.2 Å². The van der Waals surface area contributed by atoms with E-state index in [4.69, 9.17) is 0 Å². The van der Waals surface area contributed by atoms with Gasteiger partial charge in [-0.1, -0.05) is 52.8 Å². The fraction of sp³-hybridized carbons (Fsp3) is 0.360. The Morgan fingerprint density at radius 3 is 2.38 bits per heavy atom. The van der Waals surface area contributed by atoms with E-state index in [0.29, 0.717) is 17.9 Å². The van der Waals surface area contributed by atoms with Gasteiger partial charge in [0.05, 0.1) is 0 Å². The number of rotatable bonds is 7. The Hall–Kier alpha value is -3.48. The lowest BCUT2D eigenvalue weighted by atomic mass is 9.86. The van der Waals surface area contributed by atoms with Crippen molar-refractivity contribution in [1.29, 1.82) is 0 Å². The number of pyridine rings is 1. The summed E-state index contributed by atoms with van der Waals surface area (Å²) in [5.41, 5.74) is 2.55. The minimum atomic E-state index is -0.654. The quantitative estimate of drug-likeness (QED) is 0.595. The summed E-state index contributed by atoms with van der Waals surface area (Å²) in [6.07, 6.45) is 6.84. The Bertz CT molecular complexity index is 1050. The Kier molecular flexibility index (Phi) is 7.08. The number of imidazole rings is 1. The van der Waals surface area contributed by atoms with Gasteiger partial charge in [0, 0.05) is 36.3 Å². The first-order chi connectivity index (χ1) is 15.2. The largest absolute Gasteiger partial charge is 0.350 e. The average Bonchev–Trinajstić information content (AvgIpc) is 3.30. The summed E-state index contributed by atoms with van der Waals surface area (Å²) in [6.45, 7) is 10.5. The maximum absolute atomic E-state index is 12.9. The van der Waals surface area contributed by atoms with Crippen LogP contribution in [0.2, 0.25) is 0 Å². The standard InChI is InChI=1S/C25H31N5O2/c1-17(2)21(29-23(31)18-8-10-20(11-9-18)25(3,4)5)24(32)28-15-19-7-6-12-27-22(19)30-14-13-26-16-30/h6-14,16-17,21H,15H2,1-5H3,(H,28,32)(H,29,31)/t21-/m0/s1. The van der Waals surface area contributed by atoms with Crippen LogP contribution in [0.25, 0.3) is 5.82 Å². The second-order valence-corrected chi connectivity index (χ2v) is 9.20. The van der Waals surface area contributed by atoms with Gasteiger partial charge >= 0.3 is 0 Å². The van der Waals surface area contributed by atoms with Gasteiger partial charge in [0.1, 0.15) is 18.2 Å². The van der Waals surface area contributed by atoms with E-state index in [9.17, 15) is 9.59 Å². The molecule has 7 nitrogen and oxygen atoms in total. The van der Waals surface area contributed by atoms with Crippen molar-refractivity contribution in [1.82, 2.24) is 25.2 Å². The first-order valence-corrected chi connectivity index (χ1v) is 10.8. The molecule has 1 atom stereocenters. The van der Waals surface area contributed by atoms with Gasteiger partial charge in [-0.15, -0.1) is 0 Å². The number of carbonyl (C=O) groups excluding carboxylic acids is 2. The van der Waals surface area contributed by atoms with Crippen molar-refractivity contribution >= 4 is 11.8 Å². The van der Waals surface area contributed by atoms with E-state index in [-0.39, 0.29) is 23.1 Å². The van der Waals surface area contributed by atoms with Crippen molar-refractivity contribution in [3.63, 3.8) is 0 Å². The van der Waals surface area contributed by atoms with Crippen LogP contribution in [0.5, 0.6) is 0 Å². The Morgan fingerprint density at radius 1 is 1.06 bits per heavy atom.